The molecule has 0 amide bonds. The number of nitrogens with one attached hydrogen (secondary N) is 1. The molecule has 2 aromatic carbocycles. The molecule has 0 aliphatic rings. The Hall–Kier alpha value is -3.21. The molecule has 6 nitrogen and oxygen atoms in total. The number of hydrogen-bond donors (Lipinski definition) is 2. The predicted octanol–water partition coefficient (Wildman–Crippen LogP) is 5.38. The Morgan fingerprint density at radius 2 is 2.10 bits per heavy atom. The van der Waals surface area contributed by atoms with Crippen LogP contribution in [-0.4, -0.2) is 29.9 Å². The van der Waals surface area contributed by atoms with Gasteiger partial charge in [-0.3, -0.25) is 4.57 Å². The Kier molecular flexibility index (Phi) is 5.30. The summed E-state index contributed by atoms with van der Waals surface area (Å²) in [6, 6.07) is 17.0. The number of aliphatic hydroxyl groups is 1. The largest absolute Gasteiger partial charge is 0.510 e. The molecule has 0 saturated carbocycles. The maximum Gasteiger partial charge on any atom is 0.173 e. The predicted molar refractivity (Wildman–Crippen MR) is 115 cm³/mol. The van der Waals surface area contributed by atoms with Crippen molar-refractivity contribution in [3.05, 3.63) is 77.5 Å². The number of nitriles is 1. The molecule has 2 heterocycles. The number of imidazole rings is 2. The average molecular weight is 422 g/mol. The van der Waals surface area contributed by atoms with Crippen LogP contribution < -0.4 is 0 Å². The molecule has 29 heavy (non-hydrogen) atoms. The minimum absolute atomic E-state index is 0.0581. The molecule has 0 spiro atoms. The average Bonchev–Trinajstić information content (AvgIpc) is 3.35. The second-order valence-electron chi connectivity index (χ2n) is 6.29. The number of rotatable bonds is 5. The van der Waals surface area contributed by atoms with Gasteiger partial charge in [0.25, 0.3) is 0 Å². The van der Waals surface area contributed by atoms with Crippen LogP contribution in [0.2, 0.25) is 5.02 Å². The smallest absolute Gasteiger partial charge is 0.173 e. The summed E-state index contributed by atoms with van der Waals surface area (Å²) >= 11 is 7.44. The van der Waals surface area contributed by atoms with Crippen molar-refractivity contribution in [2.24, 2.45) is 0 Å². The quantitative estimate of drug-likeness (QED) is 0.256. The number of thioether (sulfide) groups is 1. The highest BCUT2D eigenvalue weighted by molar-refractivity contribution is 7.99. The van der Waals surface area contributed by atoms with Crippen LogP contribution in [0.3, 0.4) is 0 Å². The molecule has 2 N–H and O–H groups in total. The third-order valence-corrected chi connectivity index (χ3v) is 5.68. The summed E-state index contributed by atoms with van der Waals surface area (Å²) in [4.78, 5) is 11.9. The summed E-state index contributed by atoms with van der Waals surface area (Å²) in [7, 11) is 0. The Labute approximate surface area is 176 Å². The molecular weight excluding hydrogens is 406 g/mol. The second-order valence-corrected chi connectivity index (χ2v) is 8.04. The number of aromatic nitrogens is 4. The van der Waals surface area contributed by atoms with Gasteiger partial charge in [0.05, 0.1) is 16.3 Å². The Balaban J connectivity index is 1.65. The molecule has 2 aromatic heterocycles. The number of H-pyrrole nitrogens is 1. The molecule has 0 aliphatic heterocycles. The first kappa shape index (κ1) is 19.1. The monoisotopic (exact) mass is 421 g/mol. The molecule has 0 fully saturated rings. The van der Waals surface area contributed by atoms with E-state index < -0.39 is 5.25 Å². The fourth-order valence-electron chi connectivity index (χ4n) is 2.92. The highest BCUT2D eigenvalue weighted by Crippen LogP contribution is 2.31. The maximum atomic E-state index is 10.8. The van der Waals surface area contributed by atoms with Crippen molar-refractivity contribution in [2.75, 3.05) is 0 Å². The van der Waals surface area contributed by atoms with Crippen LogP contribution in [0.25, 0.3) is 22.3 Å². The molecule has 0 saturated heterocycles. The van der Waals surface area contributed by atoms with Gasteiger partial charge in [-0.2, -0.15) is 5.26 Å². The number of fused-ring (bicyclic) bond motifs is 1. The van der Waals surface area contributed by atoms with Gasteiger partial charge < -0.3 is 10.1 Å². The van der Waals surface area contributed by atoms with E-state index in [1.807, 2.05) is 60.2 Å². The zero-order valence-corrected chi connectivity index (χ0v) is 16.9. The summed E-state index contributed by atoms with van der Waals surface area (Å²) < 4.78 is 1.88. The van der Waals surface area contributed by atoms with Crippen molar-refractivity contribution in [3.63, 3.8) is 0 Å². The fraction of sp³-hybridized carbons (Fsp3) is 0.0952. The number of benzene rings is 2. The lowest BCUT2D eigenvalue weighted by Gasteiger charge is -2.13. The van der Waals surface area contributed by atoms with Gasteiger partial charge in [-0.25, -0.2) is 9.97 Å². The first-order valence-electron chi connectivity index (χ1n) is 8.81. The van der Waals surface area contributed by atoms with Crippen LogP contribution in [0.15, 0.2) is 71.8 Å². The van der Waals surface area contributed by atoms with Crippen LogP contribution in [0, 0.1) is 11.3 Å². The normalized spacial score (nSPS) is 13.1. The zero-order valence-electron chi connectivity index (χ0n) is 15.4. The van der Waals surface area contributed by atoms with E-state index in [1.54, 1.807) is 12.3 Å². The first-order valence-corrected chi connectivity index (χ1v) is 10.1. The van der Waals surface area contributed by atoms with E-state index in [4.69, 9.17) is 11.6 Å². The van der Waals surface area contributed by atoms with Gasteiger partial charge in [-0.05, 0) is 37.3 Å². The van der Waals surface area contributed by atoms with E-state index in [1.165, 1.54) is 11.8 Å². The van der Waals surface area contributed by atoms with E-state index in [2.05, 4.69) is 21.0 Å². The lowest BCUT2D eigenvalue weighted by Crippen LogP contribution is -2.07. The number of halogens is 1. The first-order chi connectivity index (χ1) is 14.1. The fourth-order valence-corrected chi connectivity index (χ4v) is 4.05. The SMILES string of the molecule is CC(Sc1nccn1-c1cccc(Cl)c1)/C(O)=C(/C#N)c1nc2ccccc2[nH]1. The topological polar surface area (TPSA) is 90.5 Å². The summed E-state index contributed by atoms with van der Waals surface area (Å²) in [5.41, 5.74) is 2.52. The Morgan fingerprint density at radius 1 is 1.28 bits per heavy atom. The molecule has 1 atom stereocenters. The molecule has 1 unspecified atom stereocenters. The molecule has 4 aromatic rings. The lowest BCUT2D eigenvalue weighted by atomic mass is 10.2. The Bertz CT molecular complexity index is 1220. The van der Waals surface area contributed by atoms with Gasteiger partial charge in [0.1, 0.15) is 17.4 Å². The van der Waals surface area contributed by atoms with E-state index >= 15 is 0 Å². The van der Waals surface area contributed by atoms with Crippen molar-refractivity contribution in [2.45, 2.75) is 17.3 Å². The van der Waals surface area contributed by atoms with Gasteiger partial charge in [0, 0.05) is 23.1 Å². The number of para-hydroxylation sites is 2. The third-order valence-electron chi connectivity index (χ3n) is 4.35. The summed E-state index contributed by atoms with van der Waals surface area (Å²) in [6.45, 7) is 1.82. The van der Waals surface area contributed by atoms with E-state index in [9.17, 15) is 10.4 Å². The molecule has 0 radical (unpaired) electrons. The van der Waals surface area contributed by atoms with Gasteiger partial charge in [-0.1, -0.05) is 41.6 Å². The number of hydrogen-bond acceptors (Lipinski definition) is 5. The van der Waals surface area contributed by atoms with Gasteiger partial charge in [0.15, 0.2) is 11.0 Å². The van der Waals surface area contributed by atoms with Crippen molar-refractivity contribution in [1.29, 1.82) is 5.26 Å². The maximum absolute atomic E-state index is 10.8. The Morgan fingerprint density at radius 3 is 2.86 bits per heavy atom. The number of allylic oxidation sites excluding steroid dienone is 1. The molecular formula is C21H16ClN5OS. The van der Waals surface area contributed by atoms with Crippen molar-refractivity contribution in [3.8, 4) is 11.8 Å². The van der Waals surface area contributed by atoms with Crippen LogP contribution in [0.4, 0.5) is 0 Å². The van der Waals surface area contributed by atoms with Gasteiger partial charge >= 0.3 is 0 Å². The van der Waals surface area contributed by atoms with Gasteiger partial charge in [-0.15, -0.1) is 0 Å². The molecule has 0 bridgehead atoms. The summed E-state index contributed by atoms with van der Waals surface area (Å²) in [5, 5.41) is 21.3. The van der Waals surface area contributed by atoms with Crippen LogP contribution in [0.5, 0.6) is 0 Å². The van der Waals surface area contributed by atoms with E-state index in [0.717, 1.165) is 16.7 Å². The minimum atomic E-state index is -0.418. The molecule has 8 heteroatoms. The van der Waals surface area contributed by atoms with Crippen LogP contribution >= 0.6 is 23.4 Å². The summed E-state index contributed by atoms with van der Waals surface area (Å²) in [6.07, 6.45) is 3.51. The lowest BCUT2D eigenvalue weighted by molar-refractivity contribution is 0.401. The van der Waals surface area contributed by atoms with E-state index in [-0.39, 0.29) is 11.3 Å². The third kappa shape index (κ3) is 3.86. The van der Waals surface area contributed by atoms with Crippen molar-refractivity contribution >= 4 is 40.0 Å². The minimum Gasteiger partial charge on any atom is -0.510 e. The summed E-state index contributed by atoms with van der Waals surface area (Å²) in [5.74, 6) is 0.286. The molecule has 0 aliphatic carbocycles. The van der Waals surface area contributed by atoms with Crippen molar-refractivity contribution in [1.82, 2.24) is 19.5 Å². The van der Waals surface area contributed by atoms with Crippen LogP contribution in [-0.2, 0) is 0 Å². The zero-order chi connectivity index (χ0) is 20.4. The van der Waals surface area contributed by atoms with E-state index in [0.29, 0.717) is 16.0 Å². The number of aromatic amines is 1. The standard InChI is InChI=1S/C21H16ClN5OS/c1-13(29-21-24-9-10-27(21)15-6-4-5-14(22)11-15)19(28)16(12-23)20-25-17-7-2-3-8-18(17)26-20/h2-11,13,28H,1H3,(H,25,26)/b19-16+. The van der Waals surface area contributed by atoms with Crippen molar-refractivity contribution < 1.29 is 5.11 Å². The number of nitrogens with zero attached hydrogens (tertiary/aromatic N) is 4. The van der Waals surface area contributed by atoms with Crippen LogP contribution in [0.1, 0.15) is 12.7 Å². The molecule has 4 rings (SSSR count). The number of aliphatic hydroxyl groups excluding tert-OH is 1. The highest BCUT2D eigenvalue weighted by atomic mass is 35.5. The van der Waals surface area contributed by atoms with Gasteiger partial charge in [0.2, 0.25) is 0 Å². The second kappa shape index (κ2) is 8.03. The highest BCUT2D eigenvalue weighted by Gasteiger charge is 2.21. The molecule has 144 valence electrons.